The average molecular weight is 412 g/mol. The van der Waals surface area contributed by atoms with Crippen molar-refractivity contribution in [3.8, 4) is 5.75 Å². The summed E-state index contributed by atoms with van der Waals surface area (Å²) in [5, 5.41) is 6.97. The molecule has 0 bridgehead atoms. The van der Waals surface area contributed by atoms with Crippen LogP contribution in [0, 0.1) is 6.92 Å². The zero-order valence-corrected chi connectivity index (χ0v) is 15.6. The van der Waals surface area contributed by atoms with Gasteiger partial charge in [0.05, 0.1) is 31.7 Å². The van der Waals surface area contributed by atoms with Crippen LogP contribution in [0.5, 0.6) is 5.75 Å². The summed E-state index contributed by atoms with van der Waals surface area (Å²) in [7, 11) is 0. The van der Waals surface area contributed by atoms with Gasteiger partial charge in [-0.3, -0.25) is 5.43 Å². The summed E-state index contributed by atoms with van der Waals surface area (Å²) in [6.07, 6.45) is 2.26. The van der Waals surface area contributed by atoms with Gasteiger partial charge in [0, 0.05) is 21.8 Å². The first-order valence-electron chi connectivity index (χ1n) is 7.57. The highest BCUT2D eigenvalue weighted by molar-refractivity contribution is 9.10. The Morgan fingerprint density at radius 3 is 3.04 bits per heavy atom. The predicted octanol–water partition coefficient (Wildman–Crippen LogP) is 3.80. The van der Waals surface area contributed by atoms with E-state index in [1.165, 1.54) is 11.3 Å². The molecule has 2 aromatic rings. The summed E-state index contributed by atoms with van der Waals surface area (Å²) >= 11 is 4.99. The van der Waals surface area contributed by atoms with Gasteiger partial charge in [-0.2, -0.15) is 5.10 Å². The zero-order chi connectivity index (χ0) is 16.8. The Balaban J connectivity index is 1.59. The number of nitrogens with zero attached hydrogens (tertiary/aromatic N) is 2. The number of anilines is 1. The third kappa shape index (κ3) is 5.01. The molecule has 0 radical (unpaired) electrons. The Bertz CT molecular complexity index is 702. The van der Waals surface area contributed by atoms with Gasteiger partial charge in [0.15, 0.2) is 6.29 Å². The number of thiazole rings is 1. The molecule has 1 fully saturated rings. The van der Waals surface area contributed by atoms with E-state index in [1.54, 1.807) is 6.21 Å². The van der Waals surface area contributed by atoms with Crippen molar-refractivity contribution >= 4 is 38.6 Å². The number of benzene rings is 1. The van der Waals surface area contributed by atoms with Crippen LogP contribution in [0.15, 0.2) is 33.2 Å². The molecule has 1 aliphatic rings. The second-order valence-electron chi connectivity index (χ2n) is 5.15. The third-order valence-corrected chi connectivity index (χ3v) is 4.61. The van der Waals surface area contributed by atoms with E-state index < -0.39 is 0 Å². The summed E-state index contributed by atoms with van der Waals surface area (Å²) in [4.78, 5) is 4.30. The number of ether oxygens (including phenoxy) is 3. The Hall–Kier alpha value is -1.48. The Morgan fingerprint density at radius 2 is 2.29 bits per heavy atom. The van der Waals surface area contributed by atoms with E-state index >= 15 is 0 Å². The lowest BCUT2D eigenvalue weighted by Crippen LogP contribution is -2.13. The summed E-state index contributed by atoms with van der Waals surface area (Å²) in [6.45, 7) is 3.78. The van der Waals surface area contributed by atoms with Crippen LogP contribution in [0.25, 0.3) is 0 Å². The van der Waals surface area contributed by atoms with Crippen molar-refractivity contribution in [3.05, 3.63) is 39.3 Å². The molecule has 24 heavy (non-hydrogen) atoms. The molecule has 6 nitrogen and oxygen atoms in total. The van der Waals surface area contributed by atoms with Crippen molar-refractivity contribution in [2.24, 2.45) is 5.10 Å². The molecular formula is C16H18BrN3O3S. The van der Waals surface area contributed by atoms with Crippen LogP contribution in [0.4, 0.5) is 5.13 Å². The average Bonchev–Trinajstić information content (AvgIpc) is 3.21. The Labute approximate surface area is 153 Å². The number of hydrogen-bond donors (Lipinski definition) is 1. The quantitative estimate of drug-likeness (QED) is 0.554. The van der Waals surface area contributed by atoms with Crippen LogP contribution in [0.1, 0.15) is 17.7 Å². The van der Waals surface area contributed by atoms with E-state index in [0.717, 1.165) is 26.6 Å². The Morgan fingerprint density at radius 1 is 1.46 bits per heavy atom. The van der Waals surface area contributed by atoms with Crippen LogP contribution < -0.4 is 10.2 Å². The first kappa shape index (κ1) is 17.3. The molecule has 128 valence electrons. The number of rotatable bonds is 7. The summed E-state index contributed by atoms with van der Waals surface area (Å²) in [5.74, 6) is 0.761. The van der Waals surface area contributed by atoms with Crippen molar-refractivity contribution in [3.63, 3.8) is 0 Å². The summed E-state index contributed by atoms with van der Waals surface area (Å²) in [6, 6.07) is 5.80. The number of halogens is 1. The van der Waals surface area contributed by atoms with Crippen LogP contribution >= 0.6 is 27.3 Å². The fourth-order valence-corrected chi connectivity index (χ4v) is 3.17. The SMILES string of the molecule is Cc1csc(NN=Cc2cc(Br)ccc2OCCC2OCCO2)n1. The highest BCUT2D eigenvalue weighted by Gasteiger charge is 2.15. The van der Waals surface area contributed by atoms with Crippen LogP contribution in [0.3, 0.4) is 0 Å². The van der Waals surface area contributed by atoms with Crippen molar-refractivity contribution in [1.82, 2.24) is 4.98 Å². The topological polar surface area (TPSA) is 65.0 Å². The first-order chi connectivity index (χ1) is 11.7. The van der Waals surface area contributed by atoms with Gasteiger partial charge in [0.1, 0.15) is 5.75 Å². The smallest absolute Gasteiger partial charge is 0.203 e. The van der Waals surface area contributed by atoms with Crippen molar-refractivity contribution < 1.29 is 14.2 Å². The molecular weight excluding hydrogens is 394 g/mol. The van der Waals surface area contributed by atoms with Gasteiger partial charge in [-0.1, -0.05) is 15.9 Å². The molecule has 1 saturated heterocycles. The van der Waals surface area contributed by atoms with E-state index in [-0.39, 0.29) is 6.29 Å². The zero-order valence-electron chi connectivity index (χ0n) is 13.2. The molecule has 0 saturated carbocycles. The van der Waals surface area contributed by atoms with Crippen LogP contribution in [0.2, 0.25) is 0 Å². The van der Waals surface area contributed by atoms with Crippen LogP contribution in [-0.4, -0.2) is 37.3 Å². The molecule has 1 aromatic heterocycles. The van der Waals surface area contributed by atoms with Gasteiger partial charge < -0.3 is 14.2 Å². The van der Waals surface area contributed by atoms with Crippen molar-refractivity contribution in [2.45, 2.75) is 19.6 Å². The largest absolute Gasteiger partial charge is 0.493 e. The maximum Gasteiger partial charge on any atom is 0.203 e. The predicted molar refractivity (Wildman–Crippen MR) is 98.0 cm³/mol. The maximum absolute atomic E-state index is 5.85. The lowest BCUT2D eigenvalue weighted by atomic mass is 10.2. The Kier molecular flexibility index (Phi) is 6.19. The van der Waals surface area contributed by atoms with Crippen LogP contribution in [-0.2, 0) is 9.47 Å². The third-order valence-electron chi connectivity index (χ3n) is 3.26. The van der Waals surface area contributed by atoms with E-state index in [9.17, 15) is 0 Å². The summed E-state index contributed by atoms with van der Waals surface area (Å²) < 4.78 is 17.6. The fraction of sp³-hybridized carbons (Fsp3) is 0.375. The number of aromatic nitrogens is 1. The van der Waals surface area contributed by atoms with Crippen molar-refractivity contribution in [1.29, 1.82) is 0 Å². The van der Waals surface area contributed by atoms with E-state index in [0.29, 0.717) is 26.2 Å². The standard InChI is InChI=1S/C16H18BrN3O3S/c1-11-10-24-16(19-11)20-18-9-12-8-13(17)2-3-14(12)21-5-4-15-22-6-7-23-15/h2-3,8-10,15H,4-7H2,1H3,(H,19,20). The molecule has 0 unspecified atom stereocenters. The minimum Gasteiger partial charge on any atom is -0.493 e. The molecule has 0 atom stereocenters. The monoisotopic (exact) mass is 411 g/mol. The lowest BCUT2D eigenvalue weighted by Gasteiger charge is -2.12. The molecule has 0 aliphatic carbocycles. The molecule has 1 aliphatic heterocycles. The molecule has 8 heteroatoms. The first-order valence-corrected chi connectivity index (χ1v) is 9.25. The minimum atomic E-state index is -0.160. The molecule has 0 amide bonds. The number of hydrazone groups is 1. The van der Waals surface area contributed by atoms with Crippen molar-refractivity contribution in [2.75, 3.05) is 25.2 Å². The van der Waals surface area contributed by atoms with E-state index in [4.69, 9.17) is 14.2 Å². The second kappa shape index (κ2) is 8.57. The highest BCUT2D eigenvalue weighted by atomic mass is 79.9. The number of aryl methyl sites for hydroxylation is 1. The molecule has 1 N–H and O–H groups in total. The van der Waals surface area contributed by atoms with Gasteiger partial charge in [-0.15, -0.1) is 11.3 Å². The lowest BCUT2D eigenvalue weighted by molar-refractivity contribution is -0.0531. The number of hydrogen-bond acceptors (Lipinski definition) is 7. The molecule has 1 aromatic carbocycles. The van der Waals surface area contributed by atoms with E-state index in [1.807, 2.05) is 30.5 Å². The fourth-order valence-electron chi connectivity index (χ4n) is 2.15. The highest BCUT2D eigenvalue weighted by Crippen LogP contribution is 2.23. The van der Waals surface area contributed by atoms with Gasteiger partial charge >= 0.3 is 0 Å². The molecule has 2 heterocycles. The minimum absolute atomic E-state index is 0.160. The van der Waals surface area contributed by atoms with E-state index in [2.05, 4.69) is 31.4 Å². The molecule has 0 spiro atoms. The normalized spacial score (nSPS) is 15.2. The molecule has 3 rings (SSSR count). The maximum atomic E-state index is 5.85. The second-order valence-corrected chi connectivity index (χ2v) is 6.93. The van der Waals surface area contributed by atoms with Gasteiger partial charge in [-0.25, -0.2) is 4.98 Å². The van der Waals surface area contributed by atoms with Gasteiger partial charge in [0.2, 0.25) is 5.13 Å². The number of nitrogens with one attached hydrogen (secondary N) is 1. The summed E-state index contributed by atoms with van der Waals surface area (Å²) in [5.41, 5.74) is 4.77. The van der Waals surface area contributed by atoms with Gasteiger partial charge in [0.25, 0.3) is 0 Å². The van der Waals surface area contributed by atoms with Gasteiger partial charge in [-0.05, 0) is 25.1 Å².